The molecule has 0 saturated carbocycles. The van der Waals surface area contributed by atoms with E-state index in [2.05, 4.69) is 62.6 Å². The van der Waals surface area contributed by atoms with Crippen LogP contribution in [0.5, 0.6) is 0 Å². The molecule has 40 heavy (non-hydrogen) atoms. The number of benzene rings is 3. The third-order valence-electron chi connectivity index (χ3n) is 7.13. The Hall–Kier alpha value is -2.92. The van der Waals surface area contributed by atoms with Gasteiger partial charge < -0.3 is 15.3 Å². The van der Waals surface area contributed by atoms with Crippen LogP contribution in [-0.2, 0) is 11.2 Å². The summed E-state index contributed by atoms with van der Waals surface area (Å²) in [5.41, 5.74) is 3.03. The minimum atomic E-state index is -0.265. The number of carbonyl (C=O) groups excluding carboxylic acids is 2. The van der Waals surface area contributed by atoms with Gasteiger partial charge in [0.25, 0.3) is 5.91 Å². The minimum Gasteiger partial charge on any atom is -0.394 e. The molecule has 0 radical (unpaired) electrons. The lowest BCUT2D eigenvalue weighted by atomic mass is 10.0. The molecule has 0 spiro atoms. The predicted octanol–water partition coefficient (Wildman–Crippen LogP) is 6.12. The number of fused-ring (bicyclic) bond motifs is 1. The molecular formula is C29H29BrClN5O3S. The molecule has 5 rings (SSSR count). The fourth-order valence-electron chi connectivity index (χ4n) is 5.09. The molecule has 11 heteroatoms. The highest BCUT2D eigenvalue weighted by molar-refractivity contribution is 9.10. The van der Waals surface area contributed by atoms with Gasteiger partial charge in [-0.1, -0.05) is 60.6 Å². The van der Waals surface area contributed by atoms with E-state index in [-0.39, 0.29) is 35.2 Å². The predicted molar refractivity (Wildman–Crippen MR) is 163 cm³/mol. The SMILES string of the molecule is CCc1ccc(-n2c(Br)nnc2SCC(=O)Nc2ccc(C(=O)N3CCCCC3CO)cc2Cl)c2ccccc12. The number of piperidine rings is 1. The molecule has 3 aromatic carbocycles. The highest BCUT2D eigenvalue weighted by atomic mass is 79.9. The number of hydrogen-bond donors (Lipinski definition) is 2. The van der Waals surface area contributed by atoms with Gasteiger partial charge in [0, 0.05) is 17.5 Å². The number of aromatic nitrogens is 3. The molecule has 0 aliphatic carbocycles. The van der Waals surface area contributed by atoms with Crippen LogP contribution in [0.4, 0.5) is 5.69 Å². The minimum absolute atomic E-state index is 0.0596. The van der Waals surface area contributed by atoms with E-state index in [0.29, 0.717) is 27.7 Å². The molecule has 1 aliphatic heterocycles. The molecule has 4 aromatic rings. The Bertz CT molecular complexity index is 1560. The topological polar surface area (TPSA) is 100 Å². The second kappa shape index (κ2) is 12.7. The van der Waals surface area contributed by atoms with Gasteiger partial charge in [0.05, 0.1) is 34.8 Å². The van der Waals surface area contributed by atoms with E-state index in [1.165, 1.54) is 22.7 Å². The van der Waals surface area contributed by atoms with Crippen LogP contribution >= 0.6 is 39.3 Å². The average molecular weight is 643 g/mol. The van der Waals surface area contributed by atoms with Crippen LogP contribution in [0, 0.1) is 0 Å². The summed E-state index contributed by atoms with van der Waals surface area (Å²) in [6, 6.07) is 17.0. The van der Waals surface area contributed by atoms with Gasteiger partial charge in [-0.3, -0.25) is 14.2 Å². The number of likely N-dealkylation sites (tertiary alicyclic amines) is 1. The molecule has 1 aliphatic rings. The van der Waals surface area contributed by atoms with E-state index in [4.69, 9.17) is 11.6 Å². The van der Waals surface area contributed by atoms with Crippen LogP contribution in [0.3, 0.4) is 0 Å². The number of aliphatic hydroxyl groups is 1. The molecule has 1 aromatic heterocycles. The highest BCUT2D eigenvalue weighted by Crippen LogP contribution is 2.32. The number of carbonyl (C=O) groups is 2. The van der Waals surface area contributed by atoms with Crippen molar-refractivity contribution in [3.8, 4) is 5.69 Å². The number of anilines is 1. The fourth-order valence-corrected chi connectivity index (χ4v) is 6.61. The summed E-state index contributed by atoms with van der Waals surface area (Å²) in [5, 5.41) is 24.1. The summed E-state index contributed by atoms with van der Waals surface area (Å²) in [6.07, 6.45) is 3.61. The van der Waals surface area contributed by atoms with E-state index in [1.807, 2.05) is 16.7 Å². The molecule has 2 N–H and O–H groups in total. The summed E-state index contributed by atoms with van der Waals surface area (Å²) in [6.45, 7) is 2.68. The number of nitrogens with one attached hydrogen (secondary N) is 1. The van der Waals surface area contributed by atoms with Gasteiger partial charge in [-0.25, -0.2) is 0 Å². The Kier molecular flexibility index (Phi) is 9.10. The summed E-state index contributed by atoms with van der Waals surface area (Å²) in [7, 11) is 0. The zero-order valence-electron chi connectivity index (χ0n) is 21.9. The fraction of sp³-hybridized carbons (Fsp3) is 0.310. The maximum Gasteiger partial charge on any atom is 0.254 e. The van der Waals surface area contributed by atoms with Crippen molar-refractivity contribution in [3.63, 3.8) is 0 Å². The zero-order valence-corrected chi connectivity index (χ0v) is 25.1. The van der Waals surface area contributed by atoms with E-state index in [0.717, 1.165) is 36.8 Å². The zero-order chi connectivity index (χ0) is 28.2. The second-order valence-corrected chi connectivity index (χ2v) is 11.7. The average Bonchev–Trinajstić information content (AvgIpc) is 3.35. The summed E-state index contributed by atoms with van der Waals surface area (Å²) < 4.78 is 2.44. The lowest BCUT2D eigenvalue weighted by Crippen LogP contribution is -2.45. The number of aryl methyl sites for hydroxylation is 1. The summed E-state index contributed by atoms with van der Waals surface area (Å²) in [4.78, 5) is 27.6. The van der Waals surface area contributed by atoms with E-state index in [1.54, 1.807) is 23.1 Å². The van der Waals surface area contributed by atoms with Gasteiger partial charge in [0.2, 0.25) is 10.6 Å². The number of halogens is 2. The van der Waals surface area contributed by atoms with E-state index < -0.39 is 0 Å². The molecule has 2 heterocycles. The monoisotopic (exact) mass is 641 g/mol. The van der Waals surface area contributed by atoms with Gasteiger partial charge in [0.1, 0.15) is 0 Å². The quantitative estimate of drug-likeness (QED) is 0.225. The third-order valence-corrected chi connectivity index (χ3v) is 8.88. The smallest absolute Gasteiger partial charge is 0.254 e. The van der Waals surface area contributed by atoms with Gasteiger partial charge in [0.15, 0.2) is 5.16 Å². The van der Waals surface area contributed by atoms with Crippen LogP contribution in [0.2, 0.25) is 5.02 Å². The van der Waals surface area contributed by atoms with Crippen LogP contribution < -0.4 is 5.32 Å². The number of aliphatic hydroxyl groups excluding tert-OH is 1. The summed E-state index contributed by atoms with van der Waals surface area (Å²) in [5.74, 6) is -0.350. The lowest BCUT2D eigenvalue weighted by molar-refractivity contribution is -0.113. The van der Waals surface area contributed by atoms with Crippen molar-refractivity contribution in [1.82, 2.24) is 19.7 Å². The normalized spacial score (nSPS) is 15.4. The molecule has 1 fully saturated rings. The molecule has 208 valence electrons. The maximum atomic E-state index is 13.0. The third kappa shape index (κ3) is 5.90. The molecule has 0 bridgehead atoms. The molecular weight excluding hydrogens is 614 g/mol. The molecule has 1 saturated heterocycles. The number of amides is 2. The van der Waals surface area contributed by atoms with Gasteiger partial charge in [-0.15, -0.1) is 10.2 Å². The lowest BCUT2D eigenvalue weighted by Gasteiger charge is -2.34. The van der Waals surface area contributed by atoms with Gasteiger partial charge in [-0.2, -0.15) is 0 Å². The van der Waals surface area contributed by atoms with E-state index in [9.17, 15) is 14.7 Å². The van der Waals surface area contributed by atoms with Crippen molar-refractivity contribution in [2.75, 3.05) is 24.2 Å². The van der Waals surface area contributed by atoms with Gasteiger partial charge >= 0.3 is 0 Å². The largest absolute Gasteiger partial charge is 0.394 e. The Morgan fingerprint density at radius 1 is 1.12 bits per heavy atom. The van der Waals surface area contributed by atoms with E-state index >= 15 is 0 Å². The first-order valence-corrected chi connectivity index (χ1v) is 15.3. The van der Waals surface area contributed by atoms with Crippen molar-refractivity contribution >= 4 is 67.6 Å². The van der Waals surface area contributed by atoms with Crippen molar-refractivity contribution in [2.24, 2.45) is 0 Å². The van der Waals surface area contributed by atoms with Gasteiger partial charge in [-0.05, 0) is 76.8 Å². The Morgan fingerprint density at radius 2 is 1.93 bits per heavy atom. The number of hydrogen-bond acceptors (Lipinski definition) is 6. The number of rotatable bonds is 8. The Balaban J connectivity index is 1.28. The van der Waals surface area contributed by atoms with Crippen molar-refractivity contribution in [1.29, 1.82) is 0 Å². The summed E-state index contributed by atoms with van der Waals surface area (Å²) >= 11 is 11.2. The van der Waals surface area contributed by atoms with Crippen LogP contribution in [-0.4, -0.2) is 61.5 Å². The van der Waals surface area contributed by atoms with Crippen molar-refractivity contribution in [2.45, 2.75) is 43.8 Å². The molecule has 8 nitrogen and oxygen atoms in total. The first kappa shape index (κ1) is 28.6. The molecule has 1 unspecified atom stereocenters. The standard InChI is InChI=1S/C29H29BrClN5O3S/c1-2-18-11-13-25(22-9-4-3-8-21(18)22)36-28(30)33-34-29(36)40-17-26(38)32-24-12-10-19(15-23(24)31)27(39)35-14-6-5-7-20(35)16-37/h3-4,8-13,15,20,37H,2,5-7,14,16-17H2,1H3,(H,32,38). The van der Waals surface area contributed by atoms with Crippen LogP contribution in [0.1, 0.15) is 42.1 Å². The molecule has 2 amide bonds. The molecule has 1 atom stereocenters. The van der Waals surface area contributed by atoms with Crippen LogP contribution in [0.25, 0.3) is 16.5 Å². The van der Waals surface area contributed by atoms with Crippen LogP contribution in [0.15, 0.2) is 64.5 Å². The van der Waals surface area contributed by atoms with Crippen molar-refractivity contribution < 1.29 is 14.7 Å². The highest BCUT2D eigenvalue weighted by Gasteiger charge is 2.27. The number of nitrogens with zero attached hydrogens (tertiary/aromatic N) is 4. The Labute approximate surface area is 250 Å². The first-order chi connectivity index (χ1) is 19.4. The second-order valence-electron chi connectivity index (χ2n) is 9.59. The van der Waals surface area contributed by atoms with Crippen molar-refractivity contribution in [3.05, 3.63) is 75.5 Å². The maximum absolute atomic E-state index is 13.0. The Morgan fingerprint density at radius 3 is 2.67 bits per heavy atom. The first-order valence-electron chi connectivity index (χ1n) is 13.2. The number of thioether (sulfide) groups is 1.